The summed E-state index contributed by atoms with van der Waals surface area (Å²) in [6.07, 6.45) is -4.37. The summed E-state index contributed by atoms with van der Waals surface area (Å²) in [7, 11) is 0. The number of alkyl halides is 3. The normalized spacial score (nSPS) is 14.3. The number of halogens is 3. The molecule has 1 atom stereocenters. The van der Waals surface area contributed by atoms with E-state index in [1.807, 2.05) is 6.92 Å². The van der Waals surface area contributed by atoms with E-state index in [2.05, 4.69) is 0 Å². The van der Waals surface area contributed by atoms with E-state index in [4.69, 9.17) is 0 Å². The molecule has 3 nitrogen and oxygen atoms in total. The number of carboxylic acids is 1. The first kappa shape index (κ1) is 17.5. The Hall–Kier alpha value is -1.56. The van der Waals surface area contributed by atoms with Gasteiger partial charge in [-0.25, -0.2) is 0 Å². The summed E-state index contributed by atoms with van der Waals surface area (Å²) in [6, 6.07) is 4.53. The first-order chi connectivity index (χ1) is 9.51. The number of benzene rings is 1. The molecule has 0 bridgehead atoms. The quantitative estimate of drug-likeness (QED) is 0.895. The number of aliphatic carboxylic acids is 1. The van der Waals surface area contributed by atoms with E-state index in [1.165, 1.54) is 12.1 Å². The van der Waals surface area contributed by atoms with Crippen molar-refractivity contribution in [2.45, 2.75) is 45.5 Å². The van der Waals surface area contributed by atoms with Gasteiger partial charge < -0.3 is 5.11 Å². The van der Waals surface area contributed by atoms with Gasteiger partial charge in [0.05, 0.1) is 5.56 Å². The molecule has 21 heavy (non-hydrogen) atoms. The Morgan fingerprint density at radius 1 is 1.24 bits per heavy atom. The highest BCUT2D eigenvalue weighted by Crippen LogP contribution is 2.32. The van der Waals surface area contributed by atoms with Crippen LogP contribution in [0.1, 0.15) is 44.9 Å². The van der Waals surface area contributed by atoms with Crippen LogP contribution in [0.25, 0.3) is 0 Å². The van der Waals surface area contributed by atoms with E-state index in [1.54, 1.807) is 25.7 Å². The second-order valence-electron chi connectivity index (χ2n) is 5.45. The van der Waals surface area contributed by atoms with E-state index < -0.39 is 23.2 Å². The van der Waals surface area contributed by atoms with Crippen LogP contribution in [0.15, 0.2) is 24.3 Å². The maximum Gasteiger partial charge on any atom is 0.416 e. The summed E-state index contributed by atoms with van der Waals surface area (Å²) in [4.78, 5) is 13.1. The van der Waals surface area contributed by atoms with Crippen molar-refractivity contribution in [3.05, 3.63) is 35.4 Å². The fourth-order valence-corrected chi connectivity index (χ4v) is 2.41. The SMILES string of the molecule is CCN(C(C)c1ccc(C(F)(F)F)cc1)C(C)(C)C(=O)O. The van der Waals surface area contributed by atoms with E-state index in [9.17, 15) is 23.1 Å². The van der Waals surface area contributed by atoms with Crippen molar-refractivity contribution in [2.75, 3.05) is 6.54 Å². The third-order valence-electron chi connectivity index (χ3n) is 3.77. The van der Waals surface area contributed by atoms with E-state index in [-0.39, 0.29) is 6.04 Å². The molecular weight excluding hydrogens is 283 g/mol. The molecular formula is C15H20F3NO2. The summed E-state index contributed by atoms with van der Waals surface area (Å²) in [6.45, 7) is 7.25. The molecule has 0 saturated heterocycles. The Morgan fingerprint density at radius 3 is 2.05 bits per heavy atom. The fraction of sp³-hybridized carbons (Fsp3) is 0.533. The number of hydrogen-bond donors (Lipinski definition) is 1. The highest BCUT2D eigenvalue weighted by Gasteiger charge is 2.37. The Bertz CT molecular complexity index is 495. The minimum absolute atomic E-state index is 0.302. The largest absolute Gasteiger partial charge is 0.480 e. The van der Waals surface area contributed by atoms with Crippen LogP contribution in [0, 0.1) is 0 Å². The van der Waals surface area contributed by atoms with Gasteiger partial charge in [-0.1, -0.05) is 19.1 Å². The molecule has 1 unspecified atom stereocenters. The average Bonchev–Trinajstić information content (AvgIpc) is 2.38. The lowest BCUT2D eigenvalue weighted by Crippen LogP contribution is -2.50. The van der Waals surface area contributed by atoms with Gasteiger partial charge in [-0.05, 0) is 45.0 Å². The molecule has 118 valence electrons. The highest BCUT2D eigenvalue weighted by molar-refractivity contribution is 5.77. The van der Waals surface area contributed by atoms with Crippen LogP contribution in [0.3, 0.4) is 0 Å². The highest BCUT2D eigenvalue weighted by atomic mass is 19.4. The van der Waals surface area contributed by atoms with Crippen molar-refractivity contribution >= 4 is 5.97 Å². The lowest BCUT2D eigenvalue weighted by Gasteiger charge is -2.39. The number of nitrogens with zero attached hydrogens (tertiary/aromatic N) is 1. The van der Waals surface area contributed by atoms with Crippen molar-refractivity contribution in [3.63, 3.8) is 0 Å². The Kier molecular flexibility index (Phi) is 5.04. The monoisotopic (exact) mass is 303 g/mol. The minimum Gasteiger partial charge on any atom is -0.480 e. The lowest BCUT2D eigenvalue weighted by atomic mass is 9.96. The van der Waals surface area contributed by atoms with Crippen LogP contribution in [-0.2, 0) is 11.0 Å². The molecule has 0 aromatic heterocycles. The summed E-state index contributed by atoms with van der Waals surface area (Å²) >= 11 is 0. The lowest BCUT2D eigenvalue weighted by molar-refractivity contribution is -0.150. The standard InChI is InChI=1S/C15H20F3NO2/c1-5-19(14(3,4)13(20)21)10(2)11-6-8-12(9-7-11)15(16,17)18/h6-10H,5H2,1-4H3,(H,20,21). The maximum absolute atomic E-state index is 12.6. The average molecular weight is 303 g/mol. The number of hydrogen-bond acceptors (Lipinski definition) is 2. The molecule has 6 heteroatoms. The second-order valence-corrected chi connectivity index (χ2v) is 5.45. The van der Waals surface area contributed by atoms with Crippen molar-refractivity contribution in [1.29, 1.82) is 0 Å². The predicted octanol–water partition coefficient (Wildman–Crippen LogP) is 3.95. The predicted molar refractivity (Wildman–Crippen MR) is 74.0 cm³/mol. The molecule has 0 amide bonds. The molecule has 0 heterocycles. The van der Waals surface area contributed by atoms with Crippen molar-refractivity contribution in [2.24, 2.45) is 0 Å². The number of likely N-dealkylation sites (N-methyl/N-ethyl adjacent to an activating group) is 1. The van der Waals surface area contributed by atoms with Gasteiger partial charge in [-0.2, -0.15) is 13.2 Å². The smallest absolute Gasteiger partial charge is 0.416 e. The fourth-order valence-electron chi connectivity index (χ4n) is 2.41. The zero-order valence-electron chi connectivity index (χ0n) is 12.5. The number of rotatable bonds is 5. The van der Waals surface area contributed by atoms with Gasteiger partial charge in [0.2, 0.25) is 0 Å². The molecule has 0 spiro atoms. The zero-order chi connectivity index (χ0) is 16.4. The second kappa shape index (κ2) is 6.05. The van der Waals surface area contributed by atoms with Gasteiger partial charge in [-0.15, -0.1) is 0 Å². The molecule has 0 aliphatic rings. The first-order valence-electron chi connectivity index (χ1n) is 6.69. The van der Waals surface area contributed by atoms with Crippen molar-refractivity contribution in [3.8, 4) is 0 Å². The molecule has 0 saturated carbocycles. The first-order valence-corrected chi connectivity index (χ1v) is 6.69. The van der Waals surface area contributed by atoms with Crippen molar-refractivity contribution < 1.29 is 23.1 Å². The van der Waals surface area contributed by atoms with Gasteiger partial charge in [-0.3, -0.25) is 9.69 Å². The molecule has 1 N–H and O–H groups in total. The summed E-state index contributed by atoms with van der Waals surface area (Å²) in [5.74, 6) is -0.969. The summed E-state index contributed by atoms with van der Waals surface area (Å²) < 4.78 is 37.7. The van der Waals surface area contributed by atoms with Gasteiger partial charge in [0.1, 0.15) is 5.54 Å². The molecule has 1 rings (SSSR count). The van der Waals surface area contributed by atoms with Gasteiger partial charge in [0.25, 0.3) is 0 Å². The number of carboxylic acid groups (broad SMARTS) is 1. The molecule has 0 aliphatic carbocycles. The number of carbonyl (C=O) groups is 1. The Labute approximate surface area is 122 Å². The summed E-state index contributed by atoms with van der Waals surface area (Å²) in [5.41, 5.74) is -1.16. The minimum atomic E-state index is -4.37. The van der Waals surface area contributed by atoms with Crippen LogP contribution < -0.4 is 0 Å². The molecule has 0 radical (unpaired) electrons. The van der Waals surface area contributed by atoms with Crippen LogP contribution in [-0.4, -0.2) is 28.1 Å². The topological polar surface area (TPSA) is 40.5 Å². The van der Waals surface area contributed by atoms with Crippen LogP contribution in [0.4, 0.5) is 13.2 Å². The van der Waals surface area contributed by atoms with Crippen LogP contribution >= 0.6 is 0 Å². The van der Waals surface area contributed by atoms with Gasteiger partial charge >= 0.3 is 12.1 Å². The molecule has 0 fully saturated rings. The van der Waals surface area contributed by atoms with Gasteiger partial charge in [0, 0.05) is 6.04 Å². The zero-order valence-corrected chi connectivity index (χ0v) is 12.5. The van der Waals surface area contributed by atoms with Crippen LogP contribution in [0.2, 0.25) is 0 Å². The van der Waals surface area contributed by atoms with E-state index in [0.29, 0.717) is 12.1 Å². The molecule has 1 aromatic rings. The molecule has 0 aliphatic heterocycles. The molecule has 1 aromatic carbocycles. The van der Waals surface area contributed by atoms with E-state index in [0.717, 1.165) is 12.1 Å². The van der Waals surface area contributed by atoms with Crippen molar-refractivity contribution in [1.82, 2.24) is 4.90 Å². The Morgan fingerprint density at radius 2 is 1.71 bits per heavy atom. The van der Waals surface area contributed by atoms with E-state index >= 15 is 0 Å². The van der Waals surface area contributed by atoms with Gasteiger partial charge in [0.15, 0.2) is 0 Å². The van der Waals surface area contributed by atoms with Crippen LogP contribution in [0.5, 0.6) is 0 Å². The Balaban J connectivity index is 3.06. The summed E-state index contributed by atoms with van der Waals surface area (Å²) in [5, 5.41) is 9.30. The third kappa shape index (κ3) is 3.75. The third-order valence-corrected chi connectivity index (χ3v) is 3.77. The maximum atomic E-state index is 12.6.